The maximum Gasteiger partial charge on any atom is 0.326 e. The van der Waals surface area contributed by atoms with E-state index in [-0.39, 0.29) is 6.03 Å². The van der Waals surface area contributed by atoms with Crippen LogP contribution in [-0.2, 0) is 11.2 Å². The van der Waals surface area contributed by atoms with Crippen LogP contribution in [0, 0.1) is 5.92 Å². The Morgan fingerprint density at radius 3 is 2.71 bits per heavy atom. The highest BCUT2D eigenvalue weighted by molar-refractivity contribution is 5.82. The standard InChI is InChI=1S/C16H22N2O3/c1-12-6-5-9-18(11-12)16(21)17-14(15(19)20)10-13-7-3-2-4-8-13/h2-4,7-8,12,14H,5-6,9-11H2,1H3,(H,17,21)(H,19,20)/t12?,14-/m0/s1. The van der Waals surface area contributed by atoms with Gasteiger partial charge < -0.3 is 15.3 Å². The van der Waals surface area contributed by atoms with Crippen LogP contribution < -0.4 is 5.32 Å². The van der Waals surface area contributed by atoms with Gasteiger partial charge in [-0.1, -0.05) is 37.3 Å². The molecular weight excluding hydrogens is 268 g/mol. The van der Waals surface area contributed by atoms with Crippen LogP contribution in [0.4, 0.5) is 4.79 Å². The Balaban J connectivity index is 1.96. The summed E-state index contributed by atoms with van der Waals surface area (Å²) >= 11 is 0. The van der Waals surface area contributed by atoms with Gasteiger partial charge in [-0.25, -0.2) is 9.59 Å². The molecule has 1 heterocycles. The van der Waals surface area contributed by atoms with Crippen molar-refractivity contribution in [3.05, 3.63) is 35.9 Å². The highest BCUT2D eigenvalue weighted by Crippen LogP contribution is 2.15. The Kier molecular flexibility index (Phi) is 5.20. The molecule has 1 aromatic carbocycles. The number of hydrogen-bond donors (Lipinski definition) is 2. The number of amides is 2. The molecule has 5 heteroatoms. The molecule has 21 heavy (non-hydrogen) atoms. The Bertz CT molecular complexity index is 490. The predicted octanol–water partition coefficient (Wildman–Crippen LogP) is 2.12. The lowest BCUT2D eigenvalue weighted by molar-refractivity contribution is -0.139. The Labute approximate surface area is 125 Å². The van der Waals surface area contributed by atoms with Gasteiger partial charge in [0.25, 0.3) is 0 Å². The largest absolute Gasteiger partial charge is 0.480 e. The first-order valence-corrected chi connectivity index (χ1v) is 7.38. The summed E-state index contributed by atoms with van der Waals surface area (Å²) in [6.07, 6.45) is 2.40. The van der Waals surface area contributed by atoms with Gasteiger partial charge in [-0.05, 0) is 24.3 Å². The van der Waals surface area contributed by atoms with E-state index in [2.05, 4.69) is 12.2 Å². The summed E-state index contributed by atoms with van der Waals surface area (Å²) in [4.78, 5) is 25.3. The lowest BCUT2D eigenvalue weighted by atomic mass is 10.0. The van der Waals surface area contributed by atoms with E-state index in [1.165, 1.54) is 0 Å². The van der Waals surface area contributed by atoms with Crippen LogP contribution in [0.15, 0.2) is 30.3 Å². The second-order valence-corrected chi connectivity index (χ2v) is 5.72. The van der Waals surface area contributed by atoms with Gasteiger partial charge in [0.15, 0.2) is 0 Å². The average molecular weight is 290 g/mol. The summed E-state index contributed by atoms with van der Waals surface area (Å²) in [7, 11) is 0. The minimum atomic E-state index is -1.00. The van der Waals surface area contributed by atoms with Crippen LogP contribution in [0.1, 0.15) is 25.3 Å². The first kappa shape index (κ1) is 15.4. The number of nitrogens with zero attached hydrogens (tertiary/aromatic N) is 1. The second-order valence-electron chi connectivity index (χ2n) is 5.72. The van der Waals surface area contributed by atoms with Gasteiger partial charge in [0, 0.05) is 19.5 Å². The van der Waals surface area contributed by atoms with Gasteiger partial charge in [0.05, 0.1) is 0 Å². The number of carboxylic acids is 1. The monoisotopic (exact) mass is 290 g/mol. The molecule has 2 rings (SSSR count). The molecule has 0 saturated carbocycles. The van der Waals surface area contributed by atoms with Crippen LogP contribution >= 0.6 is 0 Å². The Hall–Kier alpha value is -2.04. The molecule has 1 aromatic rings. The third kappa shape index (κ3) is 4.48. The normalized spacial score (nSPS) is 19.9. The number of hydrogen-bond acceptors (Lipinski definition) is 2. The van der Waals surface area contributed by atoms with E-state index in [4.69, 9.17) is 0 Å². The molecule has 0 radical (unpaired) electrons. The summed E-state index contributed by atoms with van der Waals surface area (Å²) in [5.74, 6) is -0.529. The molecule has 5 nitrogen and oxygen atoms in total. The maximum atomic E-state index is 12.2. The molecule has 2 atom stereocenters. The van der Waals surface area contributed by atoms with Gasteiger partial charge in [-0.3, -0.25) is 0 Å². The number of rotatable bonds is 4. The van der Waals surface area contributed by atoms with Crippen molar-refractivity contribution in [2.45, 2.75) is 32.2 Å². The van der Waals surface area contributed by atoms with E-state index >= 15 is 0 Å². The summed E-state index contributed by atoms with van der Waals surface area (Å²) in [5.41, 5.74) is 0.900. The zero-order valence-electron chi connectivity index (χ0n) is 12.3. The van der Waals surface area contributed by atoms with Crippen molar-refractivity contribution in [3.63, 3.8) is 0 Å². The van der Waals surface area contributed by atoms with Crippen LogP contribution in [-0.4, -0.2) is 41.1 Å². The summed E-state index contributed by atoms with van der Waals surface area (Å²) in [5, 5.41) is 11.9. The fourth-order valence-corrected chi connectivity index (χ4v) is 2.66. The molecule has 1 saturated heterocycles. The van der Waals surface area contributed by atoms with Crippen molar-refractivity contribution in [3.8, 4) is 0 Å². The highest BCUT2D eigenvalue weighted by Gasteiger charge is 2.26. The number of aliphatic carboxylic acids is 1. The Morgan fingerprint density at radius 1 is 1.38 bits per heavy atom. The number of benzene rings is 1. The third-order valence-electron chi connectivity index (χ3n) is 3.82. The smallest absolute Gasteiger partial charge is 0.326 e. The molecule has 1 unspecified atom stereocenters. The van der Waals surface area contributed by atoms with E-state index < -0.39 is 12.0 Å². The van der Waals surface area contributed by atoms with Gasteiger partial charge in [0.1, 0.15) is 6.04 Å². The number of likely N-dealkylation sites (tertiary alicyclic amines) is 1. The summed E-state index contributed by atoms with van der Waals surface area (Å²) in [6.45, 7) is 3.51. The highest BCUT2D eigenvalue weighted by atomic mass is 16.4. The van der Waals surface area contributed by atoms with Crippen LogP contribution in [0.25, 0.3) is 0 Å². The fourth-order valence-electron chi connectivity index (χ4n) is 2.66. The minimum Gasteiger partial charge on any atom is -0.480 e. The molecule has 2 amide bonds. The zero-order valence-corrected chi connectivity index (χ0v) is 12.3. The second kappa shape index (κ2) is 7.11. The van der Waals surface area contributed by atoms with Crippen molar-refractivity contribution in [2.24, 2.45) is 5.92 Å². The van der Waals surface area contributed by atoms with E-state index in [0.717, 1.165) is 18.4 Å². The fraction of sp³-hybridized carbons (Fsp3) is 0.500. The van der Waals surface area contributed by atoms with E-state index in [0.29, 0.717) is 25.4 Å². The molecule has 0 aromatic heterocycles. The van der Waals surface area contributed by atoms with Gasteiger partial charge in [-0.15, -0.1) is 0 Å². The number of carbonyl (C=O) groups excluding carboxylic acids is 1. The molecule has 0 bridgehead atoms. The molecule has 1 fully saturated rings. The molecule has 0 spiro atoms. The molecule has 1 aliphatic heterocycles. The van der Waals surface area contributed by atoms with E-state index in [1.807, 2.05) is 30.3 Å². The summed E-state index contributed by atoms with van der Waals surface area (Å²) in [6, 6.07) is 8.18. The quantitative estimate of drug-likeness (QED) is 0.892. The predicted molar refractivity (Wildman–Crippen MR) is 80.1 cm³/mol. The lowest BCUT2D eigenvalue weighted by Gasteiger charge is -2.31. The van der Waals surface area contributed by atoms with Crippen LogP contribution in [0.2, 0.25) is 0 Å². The zero-order chi connectivity index (χ0) is 15.2. The van der Waals surface area contributed by atoms with Crippen molar-refractivity contribution in [1.29, 1.82) is 0 Å². The van der Waals surface area contributed by atoms with Gasteiger partial charge >= 0.3 is 12.0 Å². The maximum absolute atomic E-state index is 12.2. The summed E-state index contributed by atoms with van der Waals surface area (Å²) < 4.78 is 0. The first-order chi connectivity index (χ1) is 10.1. The van der Waals surface area contributed by atoms with Crippen LogP contribution in [0.3, 0.4) is 0 Å². The number of carbonyl (C=O) groups is 2. The van der Waals surface area contributed by atoms with Gasteiger partial charge in [0.2, 0.25) is 0 Å². The number of nitrogens with one attached hydrogen (secondary N) is 1. The average Bonchev–Trinajstić information content (AvgIpc) is 2.47. The van der Waals surface area contributed by atoms with E-state index in [1.54, 1.807) is 4.90 Å². The van der Waals surface area contributed by atoms with Crippen molar-refractivity contribution >= 4 is 12.0 Å². The molecule has 2 N–H and O–H groups in total. The van der Waals surface area contributed by atoms with Crippen molar-refractivity contribution in [1.82, 2.24) is 10.2 Å². The molecule has 0 aliphatic carbocycles. The molecule has 114 valence electrons. The molecule has 1 aliphatic rings. The van der Waals surface area contributed by atoms with Crippen molar-refractivity contribution < 1.29 is 14.7 Å². The van der Waals surface area contributed by atoms with Gasteiger partial charge in [-0.2, -0.15) is 0 Å². The third-order valence-corrected chi connectivity index (χ3v) is 3.82. The first-order valence-electron chi connectivity index (χ1n) is 7.38. The molecular formula is C16H22N2O3. The number of piperidine rings is 1. The lowest BCUT2D eigenvalue weighted by Crippen LogP contribution is -2.51. The van der Waals surface area contributed by atoms with Crippen LogP contribution in [0.5, 0.6) is 0 Å². The topological polar surface area (TPSA) is 69.6 Å². The minimum absolute atomic E-state index is 0.273. The van der Waals surface area contributed by atoms with E-state index in [9.17, 15) is 14.7 Å². The SMILES string of the molecule is CC1CCCN(C(=O)N[C@@H](Cc2ccccc2)C(=O)O)C1. The Morgan fingerprint density at radius 2 is 2.10 bits per heavy atom. The number of carboxylic acid groups (broad SMARTS) is 1. The van der Waals surface area contributed by atoms with Crippen molar-refractivity contribution in [2.75, 3.05) is 13.1 Å². The number of urea groups is 1.